The number of ether oxygens (including phenoxy) is 2. The first kappa shape index (κ1) is 15.6. The number of nitro benzene ring substituents is 1. The maximum Gasteiger partial charge on any atom is 0.273 e. The van der Waals surface area contributed by atoms with E-state index in [0.29, 0.717) is 21.9 Å². The lowest BCUT2D eigenvalue weighted by Gasteiger charge is -2.13. The Morgan fingerprint density at radius 1 is 1.29 bits per heavy atom. The third-order valence-corrected chi connectivity index (χ3v) is 3.66. The minimum atomic E-state index is -0.494. The van der Waals surface area contributed by atoms with Crippen LogP contribution in [0.15, 0.2) is 36.4 Å². The van der Waals surface area contributed by atoms with Crippen LogP contribution in [-0.2, 0) is 5.33 Å². The minimum absolute atomic E-state index is 0.0703. The van der Waals surface area contributed by atoms with E-state index in [9.17, 15) is 10.1 Å². The number of alkyl halides is 1. The molecule has 2 rings (SSSR count). The van der Waals surface area contributed by atoms with Crippen LogP contribution in [0.3, 0.4) is 0 Å². The molecule has 0 radical (unpaired) electrons. The molecule has 0 spiro atoms. The van der Waals surface area contributed by atoms with Gasteiger partial charge in [-0.2, -0.15) is 0 Å². The van der Waals surface area contributed by atoms with Crippen molar-refractivity contribution in [1.82, 2.24) is 0 Å². The van der Waals surface area contributed by atoms with Crippen molar-refractivity contribution < 1.29 is 14.4 Å². The fraction of sp³-hybridized carbons (Fsp3) is 0.143. The van der Waals surface area contributed by atoms with Gasteiger partial charge in [-0.25, -0.2) is 0 Å². The lowest BCUT2D eigenvalue weighted by Crippen LogP contribution is -1.95. The van der Waals surface area contributed by atoms with Gasteiger partial charge in [-0.05, 0) is 12.1 Å². The highest BCUT2D eigenvalue weighted by molar-refractivity contribution is 9.08. The largest absolute Gasteiger partial charge is 0.493 e. The fourth-order valence-corrected chi connectivity index (χ4v) is 2.41. The van der Waals surface area contributed by atoms with Crippen molar-refractivity contribution in [2.45, 2.75) is 5.33 Å². The fourth-order valence-electron chi connectivity index (χ4n) is 1.74. The van der Waals surface area contributed by atoms with Crippen LogP contribution in [0.5, 0.6) is 17.2 Å². The molecule has 0 bridgehead atoms. The number of halogens is 2. The van der Waals surface area contributed by atoms with Gasteiger partial charge in [0.25, 0.3) is 5.69 Å². The normalized spacial score (nSPS) is 10.2. The highest BCUT2D eigenvalue weighted by atomic mass is 79.9. The van der Waals surface area contributed by atoms with Crippen LogP contribution in [-0.4, -0.2) is 12.0 Å². The summed E-state index contributed by atoms with van der Waals surface area (Å²) < 4.78 is 10.9. The molecule has 5 nitrogen and oxygen atoms in total. The monoisotopic (exact) mass is 371 g/mol. The Labute approximate surface area is 134 Å². The lowest BCUT2D eigenvalue weighted by atomic mass is 10.2. The van der Waals surface area contributed by atoms with Gasteiger partial charge >= 0.3 is 0 Å². The van der Waals surface area contributed by atoms with Gasteiger partial charge in [0.2, 0.25) is 0 Å². The number of hydrogen-bond donors (Lipinski definition) is 0. The third-order valence-electron chi connectivity index (χ3n) is 2.76. The van der Waals surface area contributed by atoms with Gasteiger partial charge in [0, 0.05) is 17.0 Å². The molecule has 110 valence electrons. The van der Waals surface area contributed by atoms with Gasteiger partial charge in [0.1, 0.15) is 5.75 Å². The van der Waals surface area contributed by atoms with E-state index in [-0.39, 0.29) is 11.4 Å². The molecule has 0 saturated heterocycles. The van der Waals surface area contributed by atoms with E-state index in [0.717, 1.165) is 5.56 Å². The number of para-hydroxylation sites is 1. The SMILES string of the molecule is COc1cc([N+](=O)[O-])ccc1Oc1c(Cl)cccc1CBr. The summed E-state index contributed by atoms with van der Waals surface area (Å²) in [4.78, 5) is 10.3. The summed E-state index contributed by atoms with van der Waals surface area (Å²) >= 11 is 9.50. The average molecular weight is 373 g/mol. The van der Waals surface area contributed by atoms with Crippen molar-refractivity contribution >= 4 is 33.2 Å². The molecule has 2 aromatic rings. The zero-order valence-electron chi connectivity index (χ0n) is 11.0. The average Bonchev–Trinajstić information content (AvgIpc) is 2.49. The maximum atomic E-state index is 10.8. The van der Waals surface area contributed by atoms with Crippen LogP contribution in [0, 0.1) is 10.1 Å². The van der Waals surface area contributed by atoms with Gasteiger partial charge in [-0.15, -0.1) is 0 Å². The van der Waals surface area contributed by atoms with Crippen molar-refractivity contribution in [3.8, 4) is 17.2 Å². The second kappa shape index (κ2) is 6.78. The molecule has 2 aromatic carbocycles. The van der Waals surface area contributed by atoms with E-state index in [2.05, 4.69) is 15.9 Å². The highest BCUT2D eigenvalue weighted by Gasteiger charge is 2.15. The van der Waals surface area contributed by atoms with Gasteiger partial charge in [0.05, 0.1) is 23.1 Å². The number of nitro groups is 1. The molecule has 0 aliphatic rings. The van der Waals surface area contributed by atoms with Crippen molar-refractivity contribution in [3.63, 3.8) is 0 Å². The van der Waals surface area contributed by atoms with E-state index in [1.54, 1.807) is 6.07 Å². The third kappa shape index (κ3) is 3.46. The molecule has 0 amide bonds. The Hall–Kier alpha value is -1.79. The summed E-state index contributed by atoms with van der Waals surface area (Å²) in [5, 5.41) is 11.8. The molecule has 0 heterocycles. The first-order chi connectivity index (χ1) is 10.1. The Kier molecular flexibility index (Phi) is 5.03. The molecular formula is C14H11BrClNO4. The summed E-state index contributed by atoms with van der Waals surface area (Å²) in [7, 11) is 1.42. The van der Waals surface area contributed by atoms with Crippen LogP contribution in [0.4, 0.5) is 5.69 Å². The summed E-state index contributed by atoms with van der Waals surface area (Å²) in [6, 6.07) is 9.54. The van der Waals surface area contributed by atoms with Crippen LogP contribution in [0.25, 0.3) is 0 Å². The molecule has 0 atom stereocenters. The summed E-state index contributed by atoms with van der Waals surface area (Å²) in [6.45, 7) is 0. The summed E-state index contributed by atoms with van der Waals surface area (Å²) in [5.74, 6) is 1.12. The zero-order valence-corrected chi connectivity index (χ0v) is 13.3. The number of methoxy groups -OCH3 is 1. The van der Waals surface area contributed by atoms with E-state index in [1.165, 1.54) is 25.3 Å². The van der Waals surface area contributed by atoms with E-state index >= 15 is 0 Å². The Morgan fingerprint density at radius 3 is 2.67 bits per heavy atom. The second-order valence-electron chi connectivity index (χ2n) is 4.06. The lowest BCUT2D eigenvalue weighted by molar-refractivity contribution is -0.384. The van der Waals surface area contributed by atoms with E-state index in [4.69, 9.17) is 21.1 Å². The standard InChI is InChI=1S/C14H11BrClNO4/c1-20-13-7-10(17(18)19)5-6-12(13)21-14-9(8-15)3-2-4-11(14)16/h2-7H,8H2,1H3. The molecule has 0 N–H and O–H groups in total. The van der Waals surface area contributed by atoms with Gasteiger partial charge < -0.3 is 9.47 Å². The molecule has 0 unspecified atom stereocenters. The van der Waals surface area contributed by atoms with Crippen molar-refractivity contribution in [3.05, 3.63) is 57.1 Å². The van der Waals surface area contributed by atoms with E-state index < -0.39 is 4.92 Å². The molecule has 0 saturated carbocycles. The molecule has 0 aliphatic carbocycles. The van der Waals surface area contributed by atoms with Gasteiger partial charge in [0.15, 0.2) is 11.5 Å². The topological polar surface area (TPSA) is 61.6 Å². The van der Waals surface area contributed by atoms with Crippen molar-refractivity contribution in [2.75, 3.05) is 7.11 Å². The number of non-ortho nitro benzene ring substituents is 1. The molecular weight excluding hydrogens is 362 g/mol. The summed E-state index contributed by atoms with van der Waals surface area (Å²) in [6.07, 6.45) is 0. The number of benzene rings is 2. The predicted octanol–water partition coefficient (Wildman–Crippen LogP) is 4.94. The van der Waals surface area contributed by atoms with Gasteiger partial charge in [-0.3, -0.25) is 10.1 Å². The molecule has 0 aromatic heterocycles. The number of rotatable bonds is 5. The van der Waals surface area contributed by atoms with Gasteiger partial charge in [-0.1, -0.05) is 39.7 Å². The molecule has 7 heteroatoms. The van der Waals surface area contributed by atoms with Crippen molar-refractivity contribution in [2.24, 2.45) is 0 Å². The Bertz CT molecular complexity index is 678. The zero-order chi connectivity index (χ0) is 15.4. The number of hydrogen-bond acceptors (Lipinski definition) is 4. The first-order valence-corrected chi connectivity index (χ1v) is 7.40. The van der Waals surface area contributed by atoms with Crippen LogP contribution >= 0.6 is 27.5 Å². The highest BCUT2D eigenvalue weighted by Crippen LogP contribution is 2.39. The molecule has 21 heavy (non-hydrogen) atoms. The summed E-state index contributed by atoms with van der Waals surface area (Å²) in [5.41, 5.74) is 0.793. The van der Waals surface area contributed by atoms with E-state index in [1.807, 2.05) is 12.1 Å². The molecule has 0 aliphatic heterocycles. The number of nitrogens with zero attached hydrogens (tertiary/aromatic N) is 1. The second-order valence-corrected chi connectivity index (χ2v) is 5.02. The first-order valence-electron chi connectivity index (χ1n) is 5.90. The Balaban J connectivity index is 2.42. The maximum absolute atomic E-state index is 10.8. The smallest absolute Gasteiger partial charge is 0.273 e. The van der Waals surface area contributed by atoms with Crippen LogP contribution in [0.2, 0.25) is 5.02 Å². The minimum Gasteiger partial charge on any atom is -0.493 e. The quantitative estimate of drug-likeness (QED) is 0.423. The van der Waals surface area contributed by atoms with Crippen molar-refractivity contribution in [1.29, 1.82) is 0 Å². The Morgan fingerprint density at radius 2 is 2.05 bits per heavy atom. The van der Waals surface area contributed by atoms with Crippen LogP contribution < -0.4 is 9.47 Å². The van der Waals surface area contributed by atoms with Crippen LogP contribution in [0.1, 0.15) is 5.56 Å². The predicted molar refractivity (Wildman–Crippen MR) is 83.8 cm³/mol. The molecule has 0 fully saturated rings.